The highest BCUT2D eigenvalue weighted by Crippen LogP contribution is 2.35. The molecule has 3 rings (SSSR count). The summed E-state index contributed by atoms with van der Waals surface area (Å²) in [4.78, 5) is 0. The van der Waals surface area contributed by atoms with Gasteiger partial charge >= 0.3 is 0 Å². The Morgan fingerprint density at radius 2 is 1.82 bits per heavy atom. The number of benzene rings is 1. The van der Waals surface area contributed by atoms with Gasteiger partial charge in [-0.25, -0.2) is 0 Å². The van der Waals surface area contributed by atoms with Crippen molar-refractivity contribution in [1.29, 1.82) is 0 Å². The van der Waals surface area contributed by atoms with Gasteiger partial charge in [-0.1, -0.05) is 11.6 Å². The fourth-order valence-corrected chi connectivity index (χ4v) is 3.45. The lowest BCUT2D eigenvalue weighted by molar-refractivity contribution is -0.961. The molecule has 0 N–H and O–H groups in total. The normalized spacial score (nSPS) is 22.0. The summed E-state index contributed by atoms with van der Waals surface area (Å²) in [6, 6.07) is 4.54. The standard InChI is InChI=1S/C15H22NO/c1-12-8-13(2)15-14(9-12)10-16(11-17-15)6-4-3-5-7-16/h8-9H,3-7,10-11H2,1-2H3/q+1. The van der Waals surface area contributed by atoms with Crippen LogP contribution in [0.1, 0.15) is 36.0 Å². The van der Waals surface area contributed by atoms with Gasteiger partial charge in [0.05, 0.1) is 13.1 Å². The molecular weight excluding hydrogens is 210 g/mol. The van der Waals surface area contributed by atoms with Crippen molar-refractivity contribution in [3.05, 3.63) is 28.8 Å². The zero-order valence-corrected chi connectivity index (χ0v) is 11.0. The van der Waals surface area contributed by atoms with E-state index in [9.17, 15) is 0 Å². The molecule has 1 spiro atoms. The van der Waals surface area contributed by atoms with Gasteiger partial charge in [-0.05, 0) is 44.7 Å². The van der Waals surface area contributed by atoms with E-state index in [0.29, 0.717) is 0 Å². The van der Waals surface area contributed by atoms with E-state index in [0.717, 1.165) is 17.0 Å². The minimum absolute atomic E-state index is 0.886. The molecule has 2 aliphatic heterocycles. The molecule has 2 heteroatoms. The van der Waals surface area contributed by atoms with Crippen LogP contribution in [0.5, 0.6) is 5.75 Å². The van der Waals surface area contributed by atoms with Gasteiger partial charge in [-0.15, -0.1) is 0 Å². The van der Waals surface area contributed by atoms with E-state index in [4.69, 9.17) is 4.74 Å². The highest BCUT2D eigenvalue weighted by atomic mass is 16.5. The highest BCUT2D eigenvalue weighted by Gasteiger charge is 2.35. The maximum atomic E-state index is 6.07. The molecule has 0 atom stereocenters. The predicted octanol–water partition coefficient (Wildman–Crippen LogP) is 3.15. The largest absolute Gasteiger partial charge is 0.444 e. The van der Waals surface area contributed by atoms with Gasteiger partial charge in [0.25, 0.3) is 0 Å². The second-order valence-corrected chi connectivity index (χ2v) is 5.85. The first-order valence-corrected chi connectivity index (χ1v) is 6.77. The van der Waals surface area contributed by atoms with Crippen LogP contribution < -0.4 is 4.74 Å². The Morgan fingerprint density at radius 1 is 1.06 bits per heavy atom. The number of hydrogen-bond acceptors (Lipinski definition) is 1. The molecule has 1 aromatic carbocycles. The number of quaternary nitrogens is 1. The van der Waals surface area contributed by atoms with Crippen LogP contribution in [0.3, 0.4) is 0 Å². The topological polar surface area (TPSA) is 9.23 Å². The van der Waals surface area contributed by atoms with Gasteiger partial charge in [0.1, 0.15) is 12.3 Å². The average molecular weight is 232 g/mol. The van der Waals surface area contributed by atoms with Crippen molar-refractivity contribution in [3.63, 3.8) is 0 Å². The molecule has 0 bridgehead atoms. The lowest BCUT2D eigenvalue weighted by Crippen LogP contribution is -2.54. The van der Waals surface area contributed by atoms with E-state index in [1.807, 2.05) is 0 Å². The molecule has 2 aliphatic rings. The Labute approximate surface area is 104 Å². The van der Waals surface area contributed by atoms with Gasteiger partial charge in [0.15, 0.2) is 0 Å². The van der Waals surface area contributed by atoms with Crippen molar-refractivity contribution < 1.29 is 9.22 Å². The summed E-state index contributed by atoms with van der Waals surface area (Å²) in [6.45, 7) is 9.01. The van der Waals surface area contributed by atoms with Gasteiger partial charge in [-0.3, -0.25) is 4.48 Å². The fourth-order valence-electron chi connectivity index (χ4n) is 3.45. The summed E-state index contributed by atoms with van der Waals surface area (Å²) in [7, 11) is 0. The highest BCUT2D eigenvalue weighted by molar-refractivity contribution is 5.43. The Bertz CT molecular complexity index is 433. The molecule has 0 radical (unpaired) electrons. The van der Waals surface area contributed by atoms with Crippen LogP contribution in [0.4, 0.5) is 0 Å². The van der Waals surface area contributed by atoms with Crippen molar-refractivity contribution in [1.82, 2.24) is 0 Å². The molecule has 0 unspecified atom stereocenters. The molecule has 0 aromatic heterocycles. The average Bonchev–Trinajstić information content (AvgIpc) is 2.29. The number of rotatable bonds is 0. The summed E-state index contributed by atoms with van der Waals surface area (Å²) < 4.78 is 7.24. The number of nitrogens with zero attached hydrogens (tertiary/aromatic N) is 1. The summed E-state index contributed by atoms with van der Waals surface area (Å²) in [5.41, 5.74) is 4.09. The first-order valence-electron chi connectivity index (χ1n) is 6.77. The Kier molecular flexibility index (Phi) is 2.62. The number of hydrogen-bond donors (Lipinski definition) is 0. The second-order valence-electron chi connectivity index (χ2n) is 5.85. The van der Waals surface area contributed by atoms with E-state index in [-0.39, 0.29) is 0 Å². The number of fused-ring (bicyclic) bond motifs is 1. The first-order chi connectivity index (χ1) is 8.19. The van der Waals surface area contributed by atoms with Crippen molar-refractivity contribution >= 4 is 0 Å². The molecule has 0 saturated carbocycles. The van der Waals surface area contributed by atoms with Crippen molar-refractivity contribution in [3.8, 4) is 5.75 Å². The predicted molar refractivity (Wildman–Crippen MR) is 69.0 cm³/mol. The molecule has 1 aromatic rings. The fraction of sp³-hybridized carbons (Fsp3) is 0.600. The summed E-state index contributed by atoms with van der Waals surface area (Å²) in [6.07, 6.45) is 4.13. The zero-order valence-electron chi connectivity index (χ0n) is 11.0. The lowest BCUT2D eigenvalue weighted by Gasteiger charge is -2.44. The van der Waals surface area contributed by atoms with Crippen LogP contribution in [0, 0.1) is 13.8 Å². The summed E-state index contributed by atoms with van der Waals surface area (Å²) in [5.74, 6) is 1.16. The second kappa shape index (κ2) is 4.02. The van der Waals surface area contributed by atoms with E-state index < -0.39 is 0 Å². The van der Waals surface area contributed by atoms with Crippen LogP contribution in [0.2, 0.25) is 0 Å². The third-order valence-electron chi connectivity index (χ3n) is 4.25. The molecule has 2 heterocycles. The molecule has 1 fully saturated rings. The third kappa shape index (κ3) is 1.95. The van der Waals surface area contributed by atoms with Gasteiger partial charge < -0.3 is 4.74 Å². The first kappa shape index (κ1) is 11.1. The van der Waals surface area contributed by atoms with E-state index in [1.165, 1.54) is 55.6 Å². The van der Waals surface area contributed by atoms with Crippen molar-refractivity contribution in [2.75, 3.05) is 19.8 Å². The van der Waals surface area contributed by atoms with Crippen LogP contribution >= 0.6 is 0 Å². The number of aryl methyl sites for hydroxylation is 2. The van der Waals surface area contributed by atoms with Crippen LogP contribution in [-0.2, 0) is 6.54 Å². The SMILES string of the molecule is Cc1cc(C)c2c(c1)C[N+]1(CCCCC1)CO2. The van der Waals surface area contributed by atoms with E-state index in [1.54, 1.807) is 0 Å². The molecule has 0 amide bonds. The van der Waals surface area contributed by atoms with E-state index in [2.05, 4.69) is 26.0 Å². The minimum Gasteiger partial charge on any atom is -0.444 e. The van der Waals surface area contributed by atoms with Crippen molar-refractivity contribution in [2.24, 2.45) is 0 Å². The van der Waals surface area contributed by atoms with Gasteiger partial charge in [-0.2, -0.15) is 0 Å². The van der Waals surface area contributed by atoms with E-state index >= 15 is 0 Å². The van der Waals surface area contributed by atoms with Crippen molar-refractivity contribution in [2.45, 2.75) is 39.7 Å². The maximum Gasteiger partial charge on any atom is 0.224 e. The van der Waals surface area contributed by atoms with Crippen LogP contribution in [-0.4, -0.2) is 24.3 Å². The maximum absolute atomic E-state index is 6.07. The zero-order chi connectivity index (χ0) is 11.9. The Morgan fingerprint density at radius 3 is 2.59 bits per heavy atom. The van der Waals surface area contributed by atoms with Gasteiger partial charge in [0, 0.05) is 5.56 Å². The summed E-state index contributed by atoms with van der Waals surface area (Å²) >= 11 is 0. The molecule has 0 aliphatic carbocycles. The molecular formula is C15H22NO+. The van der Waals surface area contributed by atoms with Gasteiger partial charge in [0.2, 0.25) is 6.73 Å². The number of ether oxygens (including phenoxy) is 1. The Balaban J connectivity index is 1.94. The smallest absolute Gasteiger partial charge is 0.224 e. The van der Waals surface area contributed by atoms with Crippen LogP contribution in [0.25, 0.3) is 0 Å². The van der Waals surface area contributed by atoms with Crippen LogP contribution in [0.15, 0.2) is 12.1 Å². The number of piperidine rings is 1. The Hall–Kier alpha value is -1.02. The lowest BCUT2D eigenvalue weighted by atomic mass is 10.0. The minimum atomic E-state index is 0.886. The monoisotopic (exact) mass is 232 g/mol. The third-order valence-corrected chi connectivity index (χ3v) is 4.25. The quantitative estimate of drug-likeness (QED) is 0.624. The molecule has 1 saturated heterocycles. The summed E-state index contributed by atoms with van der Waals surface area (Å²) in [5, 5.41) is 0. The molecule has 17 heavy (non-hydrogen) atoms. The molecule has 2 nitrogen and oxygen atoms in total. The molecule has 92 valence electrons.